The summed E-state index contributed by atoms with van der Waals surface area (Å²) in [5, 5.41) is 5.70. The maximum atomic E-state index is 3.51. The summed E-state index contributed by atoms with van der Waals surface area (Å²) < 4.78 is 2.87. The predicted molar refractivity (Wildman–Crippen MR) is 82.7 cm³/mol. The van der Waals surface area contributed by atoms with E-state index in [4.69, 9.17) is 0 Å². The lowest BCUT2D eigenvalue weighted by Gasteiger charge is -2.18. The molecule has 96 valence electrons. The van der Waals surface area contributed by atoms with Crippen molar-refractivity contribution in [2.24, 2.45) is 0 Å². The molecule has 0 radical (unpaired) electrons. The highest BCUT2D eigenvalue weighted by Gasteiger charge is 2.18. The molecule has 0 bridgehead atoms. The van der Waals surface area contributed by atoms with Gasteiger partial charge in [0, 0.05) is 14.3 Å². The van der Waals surface area contributed by atoms with Gasteiger partial charge >= 0.3 is 0 Å². The van der Waals surface area contributed by atoms with E-state index in [-0.39, 0.29) is 0 Å². The molecule has 0 aromatic carbocycles. The molecule has 3 rings (SSSR count). The fourth-order valence-corrected chi connectivity index (χ4v) is 5.01. The van der Waals surface area contributed by atoms with Crippen LogP contribution in [0.25, 0.3) is 9.40 Å². The van der Waals surface area contributed by atoms with Gasteiger partial charge in [0.05, 0.1) is 6.04 Å². The van der Waals surface area contributed by atoms with Crippen molar-refractivity contribution < 1.29 is 0 Å². The molecule has 0 saturated heterocycles. The molecule has 18 heavy (non-hydrogen) atoms. The molecule has 1 aliphatic carbocycles. The van der Waals surface area contributed by atoms with Crippen LogP contribution in [0.3, 0.4) is 0 Å². The summed E-state index contributed by atoms with van der Waals surface area (Å²) in [7, 11) is 2.09. The number of fused-ring (bicyclic) bond motifs is 1. The molecule has 2 aromatic heterocycles. The van der Waals surface area contributed by atoms with E-state index in [1.54, 1.807) is 5.57 Å². The number of hydrogen-bond acceptors (Lipinski definition) is 3. The zero-order valence-electron chi connectivity index (χ0n) is 10.7. The molecule has 0 saturated carbocycles. The van der Waals surface area contributed by atoms with Crippen molar-refractivity contribution in [2.45, 2.75) is 38.1 Å². The zero-order chi connectivity index (χ0) is 12.4. The third-order valence-corrected chi connectivity index (χ3v) is 5.84. The van der Waals surface area contributed by atoms with Gasteiger partial charge in [0.25, 0.3) is 0 Å². The van der Waals surface area contributed by atoms with Gasteiger partial charge in [-0.25, -0.2) is 0 Å². The Labute approximate surface area is 117 Å². The first-order chi connectivity index (χ1) is 8.88. The highest BCUT2D eigenvalue weighted by Crippen LogP contribution is 2.37. The van der Waals surface area contributed by atoms with E-state index < -0.39 is 0 Å². The Bertz CT molecular complexity index is 521. The summed E-state index contributed by atoms with van der Waals surface area (Å²) in [6, 6.07) is 5.05. The van der Waals surface area contributed by atoms with Crippen LogP contribution in [0.2, 0.25) is 0 Å². The standard InChI is InChI=1S/C15H19NS2/c1-16-15(11-6-4-2-3-5-7-11)14-10-13-12(18-14)8-9-17-13/h6,8-10,15-16H,2-5,7H2,1H3. The lowest BCUT2D eigenvalue weighted by molar-refractivity contribution is 0.636. The molecule has 2 heterocycles. The highest BCUT2D eigenvalue weighted by molar-refractivity contribution is 7.27. The summed E-state index contributed by atoms with van der Waals surface area (Å²) in [5.41, 5.74) is 1.60. The highest BCUT2D eigenvalue weighted by atomic mass is 32.1. The number of allylic oxidation sites excluding steroid dienone is 1. The minimum Gasteiger partial charge on any atom is -0.309 e. The van der Waals surface area contributed by atoms with Crippen LogP contribution in [0.4, 0.5) is 0 Å². The van der Waals surface area contributed by atoms with Crippen LogP contribution >= 0.6 is 22.7 Å². The zero-order valence-corrected chi connectivity index (χ0v) is 12.4. The average Bonchev–Trinajstić information content (AvgIpc) is 2.84. The van der Waals surface area contributed by atoms with Crippen LogP contribution in [0.15, 0.2) is 29.2 Å². The molecule has 0 fully saturated rings. The number of rotatable bonds is 3. The average molecular weight is 277 g/mol. The number of thiophene rings is 2. The Kier molecular flexibility index (Phi) is 3.83. The molecule has 1 aliphatic rings. The molecule has 0 spiro atoms. The van der Waals surface area contributed by atoms with Crippen LogP contribution in [0.1, 0.15) is 43.0 Å². The normalized spacial score (nSPS) is 18.6. The Morgan fingerprint density at radius 1 is 1.22 bits per heavy atom. The Balaban J connectivity index is 1.91. The van der Waals surface area contributed by atoms with Crippen LogP contribution in [0, 0.1) is 0 Å². The third kappa shape index (κ3) is 2.40. The molecule has 0 amide bonds. The van der Waals surface area contributed by atoms with Gasteiger partial charge in [-0.1, -0.05) is 18.1 Å². The van der Waals surface area contributed by atoms with Gasteiger partial charge in [-0.3, -0.25) is 0 Å². The first-order valence-corrected chi connectivity index (χ1v) is 8.41. The van der Waals surface area contributed by atoms with Crippen molar-refractivity contribution >= 4 is 32.1 Å². The van der Waals surface area contributed by atoms with Crippen molar-refractivity contribution in [1.29, 1.82) is 0 Å². The van der Waals surface area contributed by atoms with Gasteiger partial charge in [-0.05, 0) is 50.2 Å². The molecule has 1 N–H and O–H groups in total. The fraction of sp³-hybridized carbons (Fsp3) is 0.467. The van der Waals surface area contributed by atoms with Crippen molar-refractivity contribution in [3.63, 3.8) is 0 Å². The van der Waals surface area contributed by atoms with Crippen molar-refractivity contribution in [3.8, 4) is 0 Å². The molecule has 1 unspecified atom stereocenters. The van der Waals surface area contributed by atoms with Crippen molar-refractivity contribution in [2.75, 3.05) is 7.05 Å². The monoisotopic (exact) mass is 277 g/mol. The minimum absolute atomic E-state index is 0.438. The van der Waals surface area contributed by atoms with Gasteiger partial charge in [-0.15, -0.1) is 22.7 Å². The van der Waals surface area contributed by atoms with E-state index in [1.807, 2.05) is 22.7 Å². The quantitative estimate of drug-likeness (QED) is 0.768. The maximum absolute atomic E-state index is 3.51. The molecule has 2 aromatic rings. The predicted octanol–water partition coefficient (Wildman–Crippen LogP) is 5.11. The topological polar surface area (TPSA) is 12.0 Å². The van der Waals surface area contributed by atoms with Crippen LogP contribution in [0.5, 0.6) is 0 Å². The Morgan fingerprint density at radius 3 is 3.00 bits per heavy atom. The molecule has 3 heteroatoms. The lowest BCUT2D eigenvalue weighted by Crippen LogP contribution is -2.17. The van der Waals surface area contributed by atoms with Crippen LogP contribution < -0.4 is 5.32 Å². The Morgan fingerprint density at radius 2 is 2.17 bits per heavy atom. The first kappa shape index (κ1) is 12.4. The summed E-state index contributed by atoms with van der Waals surface area (Å²) in [4.78, 5) is 1.48. The molecule has 0 aliphatic heterocycles. The van der Waals surface area contributed by atoms with Gasteiger partial charge in [0.15, 0.2) is 0 Å². The smallest absolute Gasteiger partial charge is 0.0628 e. The summed E-state index contributed by atoms with van der Waals surface area (Å²) in [5.74, 6) is 0. The maximum Gasteiger partial charge on any atom is 0.0628 e. The van der Waals surface area contributed by atoms with Crippen molar-refractivity contribution in [1.82, 2.24) is 5.32 Å². The Hall–Kier alpha value is -0.640. The van der Waals surface area contributed by atoms with Gasteiger partial charge in [-0.2, -0.15) is 0 Å². The fourth-order valence-electron chi connectivity index (χ4n) is 2.74. The van der Waals surface area contributed by atoms with Crippen LogP contribution in [-0.2, 0) is 0 Å². The minimum atomic E-state index is 0.438. The number of nitrogens with one attached hydrogen (secondary N) is 1. The van der Waals surface area contributed by atoms with E-state index >= 15 is 0 Å². The second-order valence-electron chi connectivity index (χ2n) is 4.90. The van der Waals surface area contributed by atoms with E-state index in [9.17, 15) is 0 Å². The van der Waals surface area contributed by atoms with E-state index in [0.29, 0.717) is 6.04 Å². The molecular formula is C15H19NS2. The summed E-state index contributed by atoms with van der Waals surface area (Å²) >= 11 is 3.79. The van der Waals surface area contributed by atoms with E-state index in [1.165, 1.54) is 46.4 Å². The van der Waals surface area contributed by atoms with Crippen molar-refractivity contribution in [3.05, 3.63) is 34.0 Å². The lowest BCUT2D eigenvalue weighted by atomic mass is 10.0. The van der Waals surface area contributed by atoms with E-state index in [0.717, 1.165) is 0 Å². The van der Waals surface area contributed by atoms with Gasteiger partial charge in [0.2, 0.25) is 0 Å². The second kappa shape index (κ2) is 5.55. The molecule has 1 atom stereocenters. The molecule has 1 nitrogen and oxygen atoms in total. The van der Waals surface area contributed by atoms with Gasteiger partial charge < -0.3 is 5.32 Å². The summed E-state index contributed by atoms with van der Waals surface area (Å²) in [6.45, 7) is 0. The largest absolute Gasteiger partial charge is 0.309 e. The van der Waals surface area contributed by atoms with Crippen LogP contribution in [-0.4, -0.2) is 7.05 Å². The van der Waals surface area contributed by atoms with Gasteiger partial charge in [0.1, 0.15) is 0 Å². The number of likely N-dealkylation sites (N-methyl/N-ethyl adjacent to an activating group) is 1. The first-order valence-electron chi connectivity index (χ1n) is 6.71. The third-order valence-electron chi connectivity index (χ3n) is 3.68. The molecular weight excluding hydrogens is 258 g/mol. The second-order valence-corrected chi connectivity index (χ2v) is 6.96. The summed E-state index contributed by atoms with van der Waals surface area (Å²) in [6.07, 6.45) is 9.09. The van der Waals surface area contributed by atoms with E-state index in [2.05, 4.69) is 36.0 Å². The SMILES string of the molecule is CNC(C1=CCCCCC1)c1cc2sccc2s1. The number of hydrogen-bond donors (Lipinski definition) is 1.